The molecule has 146 valence electrons. The summed E-state index contributed by atoms with van der Waals surface area (Å²) in [6.07, 6.45) is 1.39. The molecule has 0 saturated heterocycles. The van der Waals surface area contributed by atoms with Crippen LogP contribution >= 0.6 is 0 Å². The number of hydrogen-bond acceptors (Lipinski definition) is 3. The molecule has 2 aromatic carbocycles. The minimum absolute atomic E-state index is 0.0238. The van der Waals surface area contributed by atoms with Crippen LogP contribution in [0.15, 0.2) is 60.7 Å². The molecule has 0 amide bonds. The zero-order valence-electron chi connectivity index (χ0n) is 15.4. The normalized spacial score (nSPS) is 24.4. The number of hydrogen-bond donors (Lipinski definition) is 2. The number of ether oxygens (including phenoxy) is 1. The van der Waals surface area contributed by atoms with Gasteiger partial charge in [0.05, 0.1) is 12.0 Å². The van der Waals surface area contributed by atoms with Crippen LogP contribution in [0.5, 0.6) is 0 Å². The van der Waals surface area contributed by atoms with Crippen molar-refractivity contribution >= 4 is 17.5 Å². The zero-order valence-corrected chi connectivity index (χ0v) is 15.4. The highest BCUT2D eigenvalue weighted by Crippen LogP contribution is 2.46. The Morgan fingerprint density at radius 3 is 2.25 bits per heavy atom. The fraction of sp³-hybridized carbons (Fsp3) is 0.273. The molecular weight excluding hydrogens is 363 g/mol. The second kappa shape index (κ2) is 7.56. The van der Waals surface area contributed by atoms with Crippen LogP contribution < -0.4 is 0 Å². The number of allylic oxidation sites excluding steroid dienone is 1. The smallest absolute Gasteiger partial charge is 0.340 e. The lowest BCUT2D eigenvalue weighted by molar-refractivity contribution is -0.170. The second-order valence-corrected chi connectivity index (χ2v) is 7.36. The van der Waals surface area contributed by atoms with Gasteiger partial charge < -0.3 is 14.9 Å². The minimum atomic E-state index is -1.80. The lowest BCUT2D eigenvalue weighted by atomic mass is 9.68. The molecule has 0 spiro atoms. The maximum atomic E-state index is 13.3. The molecule has 0 radical (unpaired) electrons. The van der Waals surface area contributed by atoms with Crippen LogP contribution in [-0.4, -0.2) is 27.8 Å². The van der Waals surface area contributed by atoms with Gasteiger partial charge >= 0.3 is 11.9 Å². The second-order valence-electron chi connectivity index (χ2n) is 7.36. The third-order valence-electron chi connectivity index (χ3n) is 5.07. The predicted octanol–water partition coefficient (Wildman–Crippen LogP) is 4.13. The van der Waals surface area contributed by atoms with Gasteiger partial charge in [-0.1, -0.05) is 42.5 Å². The van der Waals surface area contributed by atoms with Crippen LogP contribution in [0, 0.1) is 11.2 Å². The summed E-state index contributed by atoms with van der Waals surface area (Å²) < 4.78 is 19.1. The van der Waals surface area contributed by atoms with Gasteiger partial charge in [0.15, 0.2) is 5.60 Å². The topological polar surface area (TPSA) is 83.8 Å². The summed E-state index contributed by atoms with van der Waals surface area (Å²) in [5.74, 6) is -2.78. The highest BCUT2D eigenvalue weighted by Gasteiger charge is 2.51. The first-order chi connectivity index (χ1) is 13.2. The minimum Gasteiger partial charge on any atom is -0.481 e. The van der Waals surface area contributed by atoms with E-state index >= 15 is 0 Å². The van der Waals surface area contributed by atoms with E-state index in [2.05, 4.69) is 0 Å². The van der Waals surface area contributed by atoms with Gasteiger partial charge in [0.2, 0.25) is 0 Å². The van der Waals surface area contributed by atoms with Crippen molar-refractivity contribution in [3.63, 3.8) is 0 Å². The number of carbonyl (C=O) groups is 2. The first kappa shape index (κ1) is 19.8. The standard InChI is InChI=1S/C22H21FO5/c1-21(19(24)25)11-17(16-7-9-18(23)10-8-16)12-22(14-21,20(26)27)28-13-15-5-3-2-4-6-15/h2-10,12H,11,13-14H2,1H3,(H,24,25)(H,26,27). The van der Waals surface area contributed by atoms with E-state index in [9.17, 15) is 24.2 Å². The van der Waals surface area contributed by atoms with E-state index in [1.807, 2.05) is 18.2 Å². The van der Waals surface area contributed by atoms with Crippen molar-refractivity contribution in [2.24, 2.45) is 5.41 Å². The van der Waals surface area contributed by atoms with Crippen molar-refractivity contribution in [3.05, 3.63) is 77.6 Å². The van der Waals surface area contributed by atoms with Crippen LogP contribution in [0.1, 0.15) is 30.9 Å². The molecule has 6 heteroatoms. The summed E-state index contributed by atoms with van der Waals surface area (Å²) in [6, 6.07) is 14.6. The largest absolute Gasteiger partial charge is 0.481 e. The van der Waals surface area contributed by atoms with Crippen LogP contribution in [0.2, 0.25) is 0 Å². The van der Waals surface area contributed by atoms with Crippen molar-refractivity contribution in [1.82, 2.24) is 0 Å². The molecule has 0 saturated carbocycles. The molecule has 28 heavy (non-hydrogen) atoms. The van der Waals surface area contributed by atoms with Gasteiger partial charge in [0.25, 0.3) is 0 Å². The molecule has 0 heterocycles. The van der Waals surface area contributed by atoms with Crippen LogP contribution in [-0.2, 0) is 20.9 Å². The SMILES string of the molecule is CC1(C(=O)O)CC(c2ccc(F)cc2)=CC(OCc2ccccc2)(C(=O)O)C1. The lowest BCUT2D eigenvalue weighted by Gasteiger charge is -2.40. The van der Waals surface area contributed by atoms with E-state index in [-0.39, 0.29) is 19.4 Å². The Labute approximate surface area is 162 Å². The molecule has 0 aromatic heterocycles. The molecule has 1 aliphatic rings. The van der Waals surface area contributed by atoms with Crippen LogP contribution in [0.3, 0.4) is 0 Å². The maximum Gasteiger partial charge on any atom is 0.340 e. The third-order valence-corrected chi connectivity index (χ3v) is 5.07. The average molecular weight is 384 g/mol. The van der Waals surface area contributed by atoms with E-state index in [0.717, 1.165) is 5.56 Å². The van der Waals surface area contributed by atoms with Gasteiger partial charge in [-0.2, -0.15) is 0 Å². The van der Waals surface area contributed by atoms with E-state index in [1.165, 1.54) is 37.3 Å². The summed E-state index contributed by atoms with van der Waals surface area (Å²) in [5.41, 5.74) is -1.28. The summed E-state index contributed by atoms with van der Waals surface area (Å²) >= 11 is 0. The van der Waals surface area contributed by atoms with E-state index in [0.29, 0.717) is 11.1 Å². The van der Waals surface area contributed by atoms with E-state index < -0.39 is 28.8 Å². The van der Waals surface area contributed by atoms with Gasteiger partial charge in [-0.3, -0.25) is 4.79 Å². The fourth-order valence-corrected chi connectivity index (χ4v) is 3.52. The fourth-order valence-electron chi connectivity index (χ4n) is 3.52. The summed E-state index contributed by atoms with van der Waals surface area (Å²) in [4.78, 5) is 24.2. The van der Waals surface area contributed by atoms with E-state index in [1.54, 1.807) is 12.1 Å². The summed E-state index contributed by atoms with van der Waals surface area (Å²) in [7, 11) is 0. The van der Waals surface area contributed by atoms with Gasteiger partial charge in [-0.15, -0.1) is 0 Å². The summed E-state index contributed by atoms with van der Waals surface area (Å²) in [5, 5.41) is 19.7. The molecular formula is C22H21FO5. The van der Waals surface area contributed by atoms with Gasteiger partial charge in [0.1, 0.15) is 5.82 Å². The van der Waals surface area contributed by atoms with Crippen molar-refractivity contribution in [1.29, 1.82) is 0 Å². The Hall–Kier alpha value is -2.99. The number of rotatable bonds is 6. The van der Waals surface area contributed by atoms with Crippen LogP contribution in [0.4, 0.5) is 4.39 Å². The number of halogens is 1. The molecule has 2 atom stereocenters. The lowest BCUT2D eigenvalue weighted by Crippen LogP contribution is -2.49. The Morgan fingerprint density at radius 2 is 1.68 bits per heavy atom. The maximum absolute atomic E-state index is 13.3. The Morgan fingerprint density at radius 1 is 1.04 bits per heavy atom. The van der Waals surface area contributed by atoms with Crippen molar-refractivity contribution in [2.45, 2.75) is 32.0 Å². The van der Waals surface area contributed by atoms with Crippen molar-refractivity contribution in [3.8, 4) is 0 Å². The molecule has 0 aliphatic heterocycles. The molecule has 3 rings (SSSR count). The number of carboxylic acid groups (broad SMARTS) is 2. The molecule has 2 unspecified atom stereocenters. The van der Waals surface area contributed by atoms with Gasteiger partial charge in [-0.05, 0) is 48.3 Å². The van der Waals surface area contributed by atoms with Crippen molar-refractivity contribution in [2.75, 3.05) is 0 Å². The molecule has 0 bridgehead atoms. The average Bonchev–Trinajstić information content (AvgIpc) is 2.67. The Balaban J connectivity index is 2.04. The Kier molecular flexibility index (Phi) is 5.34. The molecule has 2 N–H and O–H groups in total. The highest BCUT2D eigenvalue weighted by molar-refractivity contribution is 5.89. The first-order valence-corrected chi connectivity index (χ1v) is 8.86. The Bertz CT molecular complexity index is 906. The van der Waals surface area contributed by atoms with Gasteiger partial charge in [0, 0.05) is 6.42 Å². The molecule has 1 aliphatic carbocycles. The molecule has 5 nitrogen and oxygen atoms in total. The highest BCUT2D eigenvalue weighted by atomic mass is 19.1. The van der Waals surface area contributed by atoms with Gasteiger partial charge in [-0.25, -0.2) is 9.18 Å². The number of aliphatic carboxylic acids is 2. The zero-order chi connectivity index (χ0) is 20.4. The van der Waals surface area contributed by atoms with Crippen molar-refractivity contribution < 1.29 is 28.9 Å². The van der Waals surface area contributed by atoms with E-state index in [4.69, 9.17) is 4.74 Å². The molecule has 0 fully saturated rings. The quantitative estimate of drug-likeness (QED) is 0.782. The monoisotopic (exact) mass is 384 g/mol. The van der Waals surface area contributed by atoms with Crippen LogP contribution in [0.25, 0.3) is 5.57 Å². The number of carboxylic acids is 2. The third kappa shape index (κ3) is 3.97. The molecule has 2 aromatic rings. The first-order valence-electron chi connectivity index (χ1n) is 8.86. The number of benzene rings is 2. The predicted molar refractivity (Wildman–Crippen MR) is 101 cm³/mol. The summed E-state index contributed by atoms with van der Waals surface area (Å²) in [6.45, 7) is 1.53.